The summed E-state index contributed by atoms with van der Waals surface area (Å²) < 4.78 is 18.4. The van der Waals surface area contributed by atoms with Crippen LogP contribution < -0.4 is 5.32 Å². The zero-order chi connectivity index (χ0) is 19.6. The number of ether oxygens (including phenoxy) is 1. The molecule has 0 unspecified atom stereocenters. The predicted octanol–water partition coefficient (Wildman–Crippen LogP) is 2.97. The molecule has 1 aliphatic carbocycles. The van der Waals surface area contributed by atoms with E-state index < -0.39 is 11.8 Å². The van der Waals surface area contributed by atoms with Crippen LogP contribution in [0.25, 0.3) is 6.08 Å². The minimum absolute atomic E-state index is 0.0164. The maximum Gasteiger partial charge on any atom is 0.337 e. The van der Waals surface area contributed by atoms with Crippen molar-refractivity contribution >= 4 is 29.3 Å². The molecule has 0 aliphatic heterocycles. The number of methoxy groups -OCH3 is 1. The van der Waals surface area contributed by atoms with Crippen LogP contribution in [0.1, 0.15) is 27.0 Å². The normalized spacial score (nSPS) is 12.9. The van der Waals surface area contributed by atoms with Gasteiger partial charge in [0.05, 0.1) is 18.2 Å². The number of esters is 1. The Morgan fingerprint density at radius 1 is 1.19 bits per heavy atom. The number of anilines is 1. The van der Waals surface area contributed by atoms with Crippen molar-refractivity contribution < 1.29 is 23.5 Å². The molecule has 2 aromatic carbocycles. The number of Topliss-reactive ketones (excluding diaryl/α,β-unsaturated/α-hetero) is 2. The van der Waals surface area contributed by atoms with Crippen LogP contribution in [0, 0.1) is 5.82 Å². The van der Waals surface area contributed by atoms with E-state index in [4.69, 9.17) is 0 Å². The Hall–Kier alpha value is -3.28. The molecular formula is C21H18FNO4. The summed E-state index contributed by atoms with van der Waals surface area (Å²) in [5.41, 5.74) is 2.87. The third-order valence-corrected chi connectivity index (χ3v) is 4.50. The molecule has 0 saturated heterocycles. The van der Waals surface area contributed by atoms with Crippen molar-refractivity contribution in [2.75, 3.05) is 19.5 Å². The number of ketones is 2. The molecular weight excluding hydrogens is 349 g/mol. The first kappa shape index (κ1) is 18.5. The number of fused-ring (bicyclic) bond motifs is 1. The van der Waals surface area contributed by atoms with Gasteiger partial charge < -0.3 is 10.1 Å². The SMILES string of the molecule is CNc1cc(F)cc2c1CC(=O)C(C(=O)Cc1ccc(C(=O)OC)cc1)=C2. The van der Waals surface area contributed by atoms with E-state index in [9.17, 15) is 18.8 Å². The molecule has 3 rings (SSSR count). The van der Waals surface area contributed by atoms with Gasteiger partial charge in [0.1, 0.15) is 5.82 Å². The summed E-state index contributed by atoms with van der Waals surface area (Å²) in [7, 11) is 2.95. The van der Waals surface area contributed by atoms with Crippen molar-refractivity contribution in [3.05, 3.63) is 70.0 Å². The molecule has 0 aromatic heterocycles. The average Bonchev–Trinajstić information content (AvgIpc) is 2.67. The molecule has 6 heteroatoms. The average molecular weight is 367 g/mol. The number of hydrogen-bond acceptors (Lipinski definition) is 5. The van der Waals surface area contributed by atoms with Crippen molar-refractivity contribution in [3.8, 4) is 0 Å². The third kappa shape index (κ3) is 3.79. The molecule has 0 radical (unpaired) electrons. The molecule has 1 aliphatic rings. The first-order chi connectivity index (χ1) is 12.9. The molecule has 0 amide bonds. The minimum atomic E-state index is -0.461. The Morgan fingerprint density at radius 2 is 1.89 bits per heavy atom. The van der Waals surface area contributed by atoms with Gasteiger partial charge in [-0.3, -0.25) is 9.59 Å². The van der Waals surface area contributed by atoms with Crippen LogP contribution in [0.4, 0.5) is 10.1 Å². The largest absolute Gasteiger partial charge is 0.465 e. The number of carbonyl (C=O) groups excluding carboxylic acids is 3. The van der Waals surface area contributed by atoms with Crippen molar-refractivity contribution in [2.45, 2.75) is 12.8 Å². The Labute approximate surface area is 155 Å². The molecule has 2 aromatic rings. The fraction of sp³-hybridized carbons (Fsp3) is 0.190. The van der Waals surface area contributed by atoms with Gasteiger partial charge in [-0.05, 0) is 47.0 Å². The van der Waals surface area contributed by atoms with E-state index in [-0.39, 0.29) is 30.0 Å². The van der Waals surface area contributed by atoms with Crippen LogP contribution in [-0.2, 0) is 27.2 Å². The van der Waals surface area contributed by atoms with Crippen molar-refractivity contribution in [2.24, 2.45) is 0 Å². The molecule has 5 nitrogen and oxygen atoms in total. The highest BCUT2D eigenvalue weighted by Gasteiger charge is 2.26. The Balaban J connectivity index is 1.85. The quantitative estimate of drug-likeness (QED) is 0.650. The zero-order valence-corrected chi connectivity index (χ0v) is 15.0. The first-order valence-corrected chi connectivity index (χ1v) is 8.38. The van der Waals surface area contributed by atoms with E-state index in [1.807, 2.05) is 0 Å². The predicted molar refractivity (Wildman–Crippen MR) is 99.1 cm³/mol. The highest BCUT2D eigenvalue weighted by Crippen LogP contribution is 2.30. The summed E-state index contributed by atoms with van der Waals surface area (Å²) in [4.78, 5) is 36.5. The Kier molecular flexibility index (Phi) is 5.16. The second kappa shape index (κ2) is 7.53. The lowest BCUT2D eigenvalue weighted by molar-refractivity contribution is -0.120. The van der Waals surface area contributed by atoms with Gasteiger partial charge >= 0.3 is 5.97 Å². The summed E-state index contributed by atoms with van der Waals surface area (Å²) in [5.74, 6) is -1.53. The molecule has 1 N–H and O–H groups in total. The van der Waals surface area contributed by atoms with E-state index in [1.165, 1.54) is 25.3 Å². The summed E-state index contributed by atoms with van der Waals surface area (Å²) in [6, 6.07) is 9.07. The van der Waals surface area contributed by atoms with E-state index in [1.54, 1.807) is 31.3 Å². The number of allylic oxidation sites excluding steroid dienone is 1. The molecule has 138 valence electrons. The monoisotopic (exact) mass is 367 g/mol. The molecule has 0 atom stereocenters. The maximum atomic E-state index is 13.8. The van der Waals surface area contributed by atoms with E-state index in [0.717, 1.165) is 0 Å². The molecule has 0 fully saturated rings. The highest BCUT2D eigenvalue weighted by atomic mass is 19.1. The summed E-state index contributed by atoms with van der Waals surface area (Å²) in [6.07, 6.45) is 1.52. The Morgan fingerprint density at radius 3 is 2.52 bits per heavy atom. The molecule has 0 saturated carbocycles. The number of carbonyl (C=O) groups is 3. The lowest BCUT2D eigenvalue weighted by Crippen LogP contribution is -2.21. The van der Waals surface area contributed by atoms with Crippen LogP contribution >= 0.6 is 0 Å². The van der Waals surface area contributed by atoms with Gasteiger partial charge in [-0.1, -0.05) is 12.1 Å². The van der Waals surface area contributed by atoms with E-state index in [0.29, 0.717) is 27.9 Å². The van der Waals surface area contributed by atoms with E-state index >= 15 is 0 Å². The summed E-state index contributed by atoms with van der Waals surface area (Å²) >= 11 is 0. The van der Waals surface area contributed by atoms with Gasteiger partial charge in [-0.2, -0.15) is 0 Å². The van der Waals surface area contributed by atoms with Crippen LogP contribution in [0.5, 0.6) is 0 Å². The number of nitrogens with one attached hydrogen (secondary N) is 1. The second-order valence-electron chi connectivity index (χ2n) is 6.22. The lowest BCUT2D eigenvalue weighted by Gasteiger charge is -2.18. The van der Waals surface area contributed by atoms with Gasteiger partial charge in [0.25, 0.3) is 0 Å². The topological polar surface area (TPSA) is 72.5 Å². The van der Waals surface area contributed by atoms with Gasteiger partial charge in [0.2, 0.25) is 0 Å². The molecule has 0 bridgehead atoms. The van der Waals surface area contributed by atoms with Gasteiger partial charge in [0, 0.05) is 25.6 Å². The number of rotatable bonds is 5. The third-order valence-electron chi connectivity index (χ3n) is 4.50. The highest BCUT2D eigenvalue weighted by molar-refractivity contribution is 6.25. The fourth-order valence-corrected chi connectivity index (χ4v) is 3.09. The molecule has 0 spiro atoms. The van der Waals surface area contributed by atoms with Gasteiger partial charge in [0.15, 0.2) is 11.6 Å². The number of halogens is 1. The second-order valence-corrected chi connectivity index (χ2v) is 6.22. The zero-order valence-electron chi connectivity index (χ0n) is 15.0. The van der Waals surface area contributed by atoms with Crippen LogP contribution in [0.3, 0.4) is 0 Å². The minimum Gasteiger partial charge on any atom is -0.465 e. The van der Waals surface area contributed by atoms with E-state index in [2.05, 4.69) is 10.1 Å². The van der Waals surface area contributed by atoms with Crippen LogP contribution in [-0.4, -0.2) is 31.7 Å². The molecule has 0 heterocycles. The Bertz CT molecular complexity index is 961. The van der Waals surface area contributed by atoms with Gasteiger partial charge in [-0.25, -0.2) is 9.18 Å². The van der Waals surface area contributed by atoms with Crippen molar-refractivity contribution in [1.82, 2.24) is 0 Å². The number of benzene rings is 2. The summed E-state index contributed by atoms with van der Waals surface area (Å²) in [6.45, 7) is 0. The standard InChI is InChI=1S/C21H18FNO4/c1-23-18-10-15(22)8-14-9-17(20(25)11-16(14)18)19(24)7-12-3-5-13(6-4-12)21(26)27-2/h3-6,8-10,23H,7,11H2,1-2H3. The fourth-order valence-electron chi connectivity index (χ4n) is 3.09. The number of hydrogen-bond donors (Lipinski definition) is 1. The molecule has 27 heavy (non-hydrogen) atoms. The maximum absolute atomic E-state index is 13.8. The summed E-state index contributed by atoms with van der Waals surface area (Å²) in [5, 5.41) is 2.88. The lowest BCUT2D eigenvalue weighted by atomic mass is 9.86. The van der Waals surface area contributed by atoms with Crippen molar-refractivity contribution in [3.63, 3.8) is 0 Å². The van der Waals surface area contributed by atoms with Gasteiger partial charge in [-0.15, -0.1) is 0 Å². The van der Waals surface area contributed by atoms with Crippen LogP contribution in [0.15, 0.2) is 42.0 Å². The van der Waals surface area contributed by atoms with Crippen LogP contribution in [0.2, 0.25) is 0 Å². The first-order valence-electron chi connectivity index (χ1n) is 8.38. The van der Waals surface area contributed by atoms with Crippen molar-refractivity contribution in [1.29, 1.82) is 0 Å². The smallest absolute Gasteiger partial charge is 0.337 e.